The van der Waals surface area contributed by atoms with E-state index >= 15 is 0 Å². The minimum absolute atomic E-state index is 0.0188. The first-order valence-corrected chi connectivity index (χ1v) is 14.0. The number of imidazole rings is 1. The maximum atomic E-state index is 13.3. The zero-order valence-electron chi connectivity index (χ0n) is 23.5. The fourth-order valence-electron chi connectivity index (χ4n) is 4.49. The summed E-state index contributed by atoms with van der Waals surface area (Å²) in [5.74, 6) is -2.01. The molecule has 2 heterocycles. The molecule has 2 amide bonds. The highest BCUT2D eigenvalue weighted by molar-refractivity contribution is 6.36. The molecule has 2 aromatic heterocycles. The molecule has 2 aromatic rings. The van der Waals surface area contributed by atoms with Crippen LogP contribution in [0.5, 0.6) is 0 Å². The number of nitrogens with one attached hydrogen (secondary N) is 2. The predicted molar refractivity (Wildman–Crippen MR) is 148 cm³/mol. The highest BCUT2D eigenvalue weighted by atomic mass is 16.2. The van der Waals surface area contributed by atoms with Crippen LogP contribution in [0, 0.1) is 5.92 Å². The lowest BCUT2D eigenvalue weighted by Gasteiger charge is -2.18. The molecule has 11 nitrogen and oxygen atoms in total. The Bertz CT molecular complexity index is 1290. The second kappa shape index (κ2) is 14.5. The zero-order chi connectivity index (χ0) is 29.2. The van der Waals surface area contributed by atoms with Gasteiger partial charge in [0.05, 0.1) is 25.1 Å². The quantitative estimate of drug-likeness (QED) is 0.284. The molecule has 2 N–H and O–H groups in total. The van der Waals surface area contributed by atoms with Gasteiger partial charge in [-0.25, -0.2) is 4.98 Å². The molecule has 1 saturated carbocycles. The maximum absolute atomic E-state index is 13.3. The number of carbonyl (C=O) groups is 5. The number of hydrogen-bond acceptors (Lipinski definition) is 7. The second-order valence-electron chi connectivity index (χ2n) is 10.5. The number of rotatable bonds is 17. The molecule has 0 aliphatic heterocycles. The average Bonchev–Trinajstić information content (AvgIpc) is 3.64. The van der Waals surface area contributed by atoms with E-state index < -0.39 is 35.0 Å². The highest BCUT2D eigenvalue weighted by Crippen LogP contribution is 2.18. The molecule has 0 bridgehead atoms. The summed E-state index contributed by atoms with van der Waals surface area (Å²) < 4.78 is 2.79. The number of nitrogens with zero attached hydrogens (tertiary/aromatic N) is 3. The Morgan fingerprint density at radius 3 is 2.42 bits per heavy atom. The first-order chi connectivity index (χ1) is 19.1. The van der Waals surface area contributed by atoms with Gasteiger partial charge in [0, 0.05) is 44.1 Å². The van der Waals surface area contributed by atoms with E-state index in [4.69, 9.17) is 0 Å². The minimum Gasteiger partial charge on any atom is -0.347 e. The van der Waals surface area contributed by atoms with Crippen molar-refractivity contribution < 1.29 is 24.0 Å². The molecular weight excluding hydrogens is 514 g/mol. The van der Waals surface area contributed by atoms with E-state index in [0.29, 0.717) is 12.3 Å². The van der Waals surface area contributed by atoms with E-state index in [0.717, 1.165) is 32.1 Å². The lowest BCUT2D eigenvalue weighted by molar-refractivity contribution is -0.138. The highest BCUT2D eigenvalue weighted by Gasteiger charge is 2.29. The van der Waals surface area contributed by atoms with Gasteiger partial charge in [0.2, 0.25) is 5.78 Å². The number of pyridine rings is 1. The SMILES string of the molecule is CCC(CC)CCC(=O)Cn1cccc(CC(=O)[C@H](CCC(=O)C(=O)NC2CC2)NC(=O)c2cncn2C)c1=O. The van der Waals surface area contributed by atoms with E-state index in [1.165, 1.54) is 33.9 Å². The first kappa shape index (κ1) is 30.6. The van der Waals surface area contributed by atoms with Crippen LogP contribution >= 0.6 is 0 Å². The first-order valence-electron chi connectivity index (χ1n) is 14.0. The van der Waals surface area contributed by atoms with Gasteiger partial charge in [-0.2, -0.15) is 0 Å². The molecule has 1 fully saturated rings. The van der Waals surface area contributed by atoms with E-state index in [1.807, 2.05) is 0 Å². The second-order valence-corrected chi connectivity index (χ2v) is 10.5. The van der Waals surface area contributed by atoms with Crippen LogP contribution in [-0.2, 0) is 39.2 Å². The van der Waals surface area contributed by atoms with Gasteiger partial charge in [-0.3, -0.25) is 28.8 Å². The van der Waals surface area contributed by atoms with Crippen LogP contribution < -0.4 is 16.2 Å². The molecule has 3 rings (SSSR count). The van der Waals surface area contributed by atoms with Crippen LogP contribution in [0.4, 0.5) is 0 Å². The number of amides is 2. The molecule has 0 spiro atoms. The summed E-state index contributed by atoms with van der Waals surface area (Å²) in [4.78, 5) is 80.1. The Kier molecular flexibility index (Phi) is 11.1. The summed E-state index contributed by atoms with van der Waals surface area (Å²) in [6.07, 6.45) is 8.47. The van der Waals surface area contributed by atoms with E-state index in [1.54, 1.807) is 13.1 Å². The van der Waals surface area contributed by atoms with Crippen molar-refractivity contribution in [3.63, 3.8) is 0 Å². The third-order valence-electron chi connectivity index (χ3n) is 7.37. The fraction of sp³-hybridized carbons (Fsp3) is 0.552. The van der Waals surface area contributed by atoms with Gasteiger partial charge in [0.1, 0.15) is 5.69 Å². The van der Waals surface area contributed by atoms with Crippen LogP contribution in [0.2, 0.25) is 0 Å². The van der Waals surface area contributed by atoms with Gasteiger partial charge in [0.15, 0.2) is 11.6 Å². The number of aryl methyl sites for hydroxylation is 1. The number of aromatic nitrogens is 3. The molecule has 40 heavy (non-hydrogen) atoms. The van der Waals surface area contributed by atoms with Crippen molar-refractivity contribution in [1.82, 2.24) is 24.8 Å². The van der Waals surface area contributed by atoms with Crippen molar-refractivity contribution >= 4 is 29.2 Å². The molecule has 1 atom stereocenters. The smallest absolute Gasteiger partial charge is 0.287 e. The Hall–Kier alpha value is -3.89. The van der Waals surface area contributed by atoms with Crippen LogP contribution in [-0.4, -0.2) is 55.4 Å². The van der Waals surface area contributed by atoms with E-state index in [9.17, 15) is 28.8 Å². The van der Waals surface area contributed by atoms with Gasteiger partial charge in [0.25, 0.3) is 17.4 Å². The lowest BCUT2D eigenvalue weighted by Crippen LogP contribution is -2.44. The Labute approximate surface area is 233 Å². The average molecular weight is 554 g/mol. The summed E-state index contributed by atoms with van der Waals surface area (Å²) in [5.41, 5.74) is -0.0641. The van der Waals surface area contributed by atoms with Crippen LogP contribution in [0.3, 0.4) is 0 Å². The summed E-state index contributed by atoms with van der Waals surface area (Å²) >= 11 is 0. The van der Waals surface area contributed by atoms with Crippen molar-refractivity contribution in [1.29, 1.82) is 0 Å². The van der Waals surface area contributed by atoms with E-state index in [2.05, 4.69) is 29.5 Å². The monoisotopic (exact) mass is 553 g/mol. The molecule has 0 aromatic carbocycles. The van der Waals surface area contributed by atoms with Gasteiger partial charge >= 0.3 is 0 Å². The summed E-state index contributed by atoms with van der Waals surface area (Å²) in [6.45, 7) is 4.11. The number of Topliss-reactive ketones (excluding diaryl/α,β-unsaturated/α-hetero) is 3. The molecular formula is C29H39N5O6. The molecule has 216 valence electrons. The molecule has 0 saturated heterocycles. The standard InChI is InChI=1S/C29H39N5O6/c1-4-19(5-2)8-11-22(35)17-34-14-6-7-20(29(34)40)15-26(37)23(32-27(38)24-16-30-18-33(24)3)12-13-25(36)28(39)31-21-9-10-21/h6-7,14,16,18-19,21,23H,4-5,8-13,15,17H2,1-3H3,(H,31,39)(H,32,38)/t23-/m0/s1. The topological polar surface area (TPSA) is 149 Å². The van der Waals surface area contributed by atoms with Gasteiger partial charge < -0.3 is 19.8 Å². The van der Waals surface area contributed by atoms with Crippen molar-refractivity contribution in [3.05, 3.63) is 52.5 Å². The van der Waals surface area contributed by atoms with Crippen molar-refractivity contribution in [3.8, 4) is 0 Å². The van der Waals surface area contributed by atoms with Gasteiger partial charge in [-0.05, 0) is 37.7 Å². The predicted octanol–water partition coefficient (Wildman–Crippen LogP) is 1.91. The summed E-state index contributed by atoms with van der Waals surface area (Å²) in [5, 5.41) is 5.26. The molecule has 0 radical (unpaired) electrons. The largest absolute Gasteiger partial charge is 0.347 e. The van der Waals surface area contributed by atoms with Crippen molar-refractivity contribution in [2.24, 2.45) is 13.0 Å². The lowest BCUT2D eigenvalue weighted by atomic mass is 9.96. The maximum Gasteiger partial charge on any atom is 0.287 e. The molecule has 1 aliphatic rings. The van der Waals surface area contributed by atoms with Crippen molar-refractivity contribution in [2.45, 2.75) is 90.3 Å². The molecule has 1 aliphatic carbocycles. The summed E-state index contributed by atoms with van der Waals surface area (Å²) in [7, 11) is 1.63. The molecule has 0 unspecified atom stereocenters. The minimum atomic E-state index is -1.12. The third-order valence-corrected chi connectivity index (χ3v) is 7.37. The number of carbonyl (C=O) groups excluding carboxylic acids is 5. The van der Waals surface area contributed by atoms with Crippen molar-refractivity contribution in [2.75, 3.05) is 0 Å². The van der Waals surface area contributed by atoms with Gasteiger partial charge in [-0.15, -0.1) is 0 Å². The van der Waals surface area contributed by atoms with E-state index in [-0.39, 0.29) is 48.9 Å². The van der Waals surface area contributed by atoms with Crippen LogP contribution in [0.1, 0.15) is 81.3 Å². The normalized spacial score (nSPS) is 13.6. The fourth-order valence-corrected chi connectivity index (χ4v) is 4.49. The number of hydrogen-bond donors (Lipinski definition) is 2. The zero-order valence-corrected chi connectivity index (χ0v) is 23.5. The number of ketones is 3. The summed E-state index contributed by atoms with van der Waals surface area (Å²) in [6, 6.07) is 2.02. The van der Waals surface area contributed by atoms with Crippen LogP contribution in [0.15, 0.2) is 35.6 Å². The van der Waals surface area contributed by atoms with Crippen LogP contribution in [0.25, 0.3) is 0 Å². The third kappa shape index (κ3) is 8.82. The van der Waals surface area contributed by atoms with Gasteiger partial charge in [-0.1, -0.05) is 32.8 Å². The molecule has 11 heteroatoms. The Balaban J connectivity index is 1.69. The Morgan fingerprint density at radius 1 is 1.07 bits per heavy atom. The Morgan fingerprint density at radius 2 is 1.80 bits per heavy atom.